The molecule has 0 aliphatic carbocycles. The van der Waals surface area contributed by atoms with Crippen molar-refractivity contribution >= 4 is 17.2 Å². The Morgan fingerprint density at radius 2 is 1.85 bits per heavy atom. The molecule has 134 valence electrons. The van der Waals surface area contributed by atoms with Crippen molar-refractivity contribution in [1.82, 2.24) is 9.88 Å². The molecule has 0 fully saturated rings. The number of rotatable bonds is 6. The van der Waals surface area contributed by atoms with Crippen molar-refractivity contribution in [3.63, 3.8) is 0 Å². The molecule has 0 spiro atoms. The molecule has 0 aliphatic heterocycles. The van der Waals surface area contributed by atoms with Gasteiger partial charge in [-0.15, -0.1) is 11.3 Å². The Hall–Kier alpha value is -2.73. The van der Waals surface area contributed by atoms with E-state index in [9.17, 15) is 9.18 Å². The van der Waals surface area contributed by atoms with Crippen molar-refractivity contribution in [3.8, 4) is 16.3 Å². The van der Waals surface area contributed by atoms with E-state index in [1.807, 2.05) is 31.2 Å². The molecule has 1 aromatic heterocycles. The summed E-state index contributed by atoms with van der Waals surface area (Å²) in [5, 5.41) is 2.54. The summed E-state index contributed by atoms with van der Waals surface area (Å²) in [7, 11) is 1.71. The molecule has 2 aromatic carbocycles. The summed E-state index contributed by atoms with van der Waals surface area (Å²) < 4.78 is 18.4. The summed E-state index contributed by atoms with van der Waals surface area (Å²) in [6.45, 7) is 2.96. The van der Waals surface area contributed by atoms with Gasteiger partial charge in [0.05, 0.1) is 6.61 Å². The third-order valence-electron chi connectivity index (χ3n) is 3.82. The minimum absolute atomic E-state index is 0.164. The summed E-state index contributed by atoms with van der Waals surface area (Å²) in [5.74, 6) is 0.355. The number of benzene rings is 2. The number of thiazole rings is 1. The molecule has 0 saturated carbocycles. The fourth-order valence-corrected chi connectivity index (χ4v) is 3.30. The number of carbonyl (C=O) groups excluding carboxylic acids is 1. The van der Waals surface area contributed by atoms with Gasteiger partial charge >= 0.3 is 0 Å². The molecule has 0 atom stereocenters. The van der Waals surface area contributed by atoms with Crippen LogP contribution in [0.3, 0.4) is 0 Å². The maximum absolute atomic E-state index is 13.0. The lowest BCUT2D eigenvalue weighted by atomic mass is 10.2. The molecule has 0 radical (unpaired) electrons. The van der Waals surface area contributed by atoms with Crippen molar-refractivity contribution in [1.29, 1.82) is 0 Å². The van der Waals surface area contributed by atoms with E-state index in [0.717, 1.165) is 21.9 Å². The van der Waals surface area contributed by atoms with Crippen LogP contribution in [0.5, 0.6) is 5.75 Å². The second-order valence-electron chi connectivity index (χ2n) is 5.78. The number of aromatic nitrogens is 1. The first-order chi connectivity index (χ1) is 12.6. The zero-order chi connectivity index (χ0) is 18.5. The van der Waals surface area contributed by atoms with Gasteiger partial charge in [0.25, 0.3) is 5.91 Å². The second-order valence-corrected chi connectivity index (χ2v) is 6.64. The van der Waals surface area contributed by atoms with E-state index in [4.69, 9.17) is 4.74 Å². The van der Waals surface area contributed by atoms with Crippen LogP contribution in [0, 0.1) is 5.82 Å². The largest absolute Gasteiger partial charge is 0.494 e. The second kappa shape index (κ2) is 8.10. The molecule has 0 unspecified atom stereocenters. The van der Waals surface area contributed by atoms with Crippen LogP contribution < -0.4 is 4.74 Å². The number of halogens is 1. The summed E-state index contributed by atoms with van der Waals surface area (Å²) in [4.78, 5) is 18.6. The predicted molar refractivity (Wildman–Crippen MR) is 101 cm³/mol. The van der Waals surface area contributed by atoms with Crippen LogP contribution in [0.2, 0.25) is 0 Å². The van der Waals surface area contributed by atoms with Crippen LogP contribution in [0.1, 0.15) is 23.0 Å². The fourth-order valence-electron chi connectivity index (χ4n) is 2.50. The summed E-state index contributed by atoms with van der Waals surface area (Å²) >= 11 is 1.43. The summed E-state index contributed by atoms with van der Waals surface area (Å²) in [5.41, 5.74) is 2.21. The highest BCUT2D eigenvalue weighted by molar-refractivity contribution is 7.13. The van der Waals surface area contributed by atoms with E-state index in [-0.39, 0.29) is 11.7 Å². The van der Waals surface area contributed by atoms with E-state index >= 15 is 0 Å². The minimum Gasteiger partial charge on any atom is -0.494 e. The van der Waals surface area contributed by atoms with Gasteiger partial charge in [0.1, 0.15) is 22.3 Å². The SMILES string of the molecule is CCOc1ccc(-c2nc(C(=O)N(C)Cc3ccc(F)cc3)cs2)cc1. The molecule has 3 aromatic rings. The van der Waals surface area contributed by atoms with Crippen LogP contribution in [-0.2, 0) is 6.54 Å². The first-order valence-corrected chi connectivity index (χ1v) is 9.13. The van der Waals surface area contributed by atoms with Crippen molar-refractivity contribution in [2.45, 2.75) is 13.5 Å². The Bertz CT molecular complexity index is 876. The van der Waals surface area contributed by atoms with Crippen LogP contribution in [0.15, 0.2) is 53.9 Å². The quantitative estimate of drug-likeness (QED) is 0.636. The normalized spacial score (nSPS) is 10.6. The number of hydrogen-bond acceptors (Lipinski definition) is 4. The van der Waals surface area contributed by atoms with Gasteiger partial charge in [0.15, 0.2) is 0 Å². The number of nitrogens with zero attached hydrogens (tertiary/aromatic N) is 2. The van der Waals surface area contributed by atoms with Crippen LogP contribution in [-0.4, -0.2) is 29.4 Å². The first kappa shape index (κ1) is 18.1. The molecule has 6 heteroatoms. The average Bonchev–Trinajstić information content (AvgIpc) is 3.14. The lowest BCUT2D eigenvalue weighted by molar-refractivity contribution is 0.0780. The van der Waals surface area contributed by atoms with Gasteiger partial charge in [0.2, 0.25) is 0 Å². The minimum atomic E-state index is -0.290. The predicted octanol–water partition coefficient (Wildman–Crippen LogP) is 4.62. The third-order valence-corrected chi connectivity index (χ3v) is 4.71. The number of carbonyl (C=O) groups is 1. The molecular formula is C20H19FN2O2S. The fraction of sp³-hybridized carbons (Fsp3) is 0.200. The number of amides is 1. The van der Waals surface area contributed by atoms with Gasteiger partial charge in [-0.2, -0.15) is 0 Å². The summed E-state index contributed by atoms with van der Waals surface area (Å²) in [6.07, 6.45) is 0. The molecule has 26 heavy (non-hydrogen) atoms. The highest BCUT2D eigenvalue weighted by atomic mass is 32.1. The maximum atomic E-state index is 13.0. The standard InChI is InChI=1S/C20H19FN2O2S/c1-3-25-17-10-6-15(7-11-17)19-22-18(13-26-19)20(24)23(2)12-14-4-8-16(21)9-5-14/h4-11,13H,3,12H2,1-2H3. The molecule has 0 bridgehead atoms. The van der Waals surface area contributed by atoms with Gasteiger partial charge in [-0.3, -0.25) is 4.79 Å². The number of ether oxygens (including phenoxy) is 1. The van der Waals surface area contributed by atoms with Gasteiger partial charge in [-0.25, -0.2) is 9.37 Å². The molecule has 0 aliphatic rings. The Morgan fingerprint density at radius 3 is 2.50 bits per heavy atom. The van der Waals surface area contributed by atoms with Crippen LogP contribution >= 0.6 is 11.3 Å². The zero-order valence-electron chi connectivity index (χ0n) is 14.6. The van der Waals surface area contributed by atoms with Gasteiger partial charge in [-0.05, 0) is 48.9 Å². The summed E-state index contributed by atoms with van der Waals surface area (Å²) in [6, 6.07) is 13.8. The monoisotopic (exact) mass is 370 g/mol. The Morgan fingerprint density at radius 1 is 1.15 bits per heavy atom. The lowest BCUT2D eigenvalue weighted by Crippen LogP contribution is -2.26. The Labute approximate surface area is 155 Å². The van der Waals surface area contributed by atoms with E-state index in [1.54, 1.807) is 29.5 Å². The van der Waals surface area contributed by atoms with Crippen molar-refractivity contribution in [2.24, 2.45) is 0 Å². The van der Waals surface area contributed by atoms with Gasteiger partial charge in [0, 0.05) is 24.5 Å². The van der Waals surface area contributed by atoms with E-state index in [1.165, 1.54) is 23.5 Å². The van der Waals surface area contributed by atoms with Crippen LogP contribution in [0.25, 0.3) is 10.6 Å². The molecule has 4 nitrogen and oxygen atoms in total. The molecule has 1 amide bonds. The number of hydrogen-bond donors (Lipinski definition) is 0. The highest BCUT2D eigenvalue weighted by Gasteiger charge is 2.16. The molecular weight excluding hydrogens is 351 g/mol. The maximum Gasteiger partial charge on any atom is 0.273 e. The highest BCUT2D eigenvalue weighted by Crippen LogP contribution is 2.26. The Kier molecular flexibility index (Phi) is 5.63. The Balaban J connectivity index is 1.69. The lowest BCUT2D eigenvalue weighted by Gasteiger charge is -2.15. The molecule has 3 rings (SSSR count). The van der Waals surface area contributed by atoms with Crippen molar-refractivity contribution in [2.75, 3.05) is 13.7 Å². The van der Waals surface area contributed by atoms with Gasteiger partial charge in [-0.1, -0.05) is 12.1 Å². The molecule has 0 saturated heterocycles. The van der Waals surface area contributed by atoms with Gasteiger partial charge < -0.3 is 9.64 Å². The van der Waals surface area contributed by atoms with Crippen molar-refractivity contribution < 1.29 is 13.9 Å². The molecule has 1 heterocycles. The topological polar surface area (TPSA) is 42.4 Å². The van der Waals surface area contributed by atoms with E-state index < -0.39 is 0 Å². The molecule has 0 N–H and O–H groups in total. The van der Waals surface area contributed by atoms with E-state index in [0.29, 0.717) is 18.8 Å². The van der Waals surface area contributed by atoms with Crippen molar-refractivity contribution in [3.05, 3.63) is 71.0 Å². The smallest absolute Gasteiger partial charge is 0.273 e. The third kappa shape index (κ3) is 4.26. The van der Waals surface area contributed by atoms with Crippen LogP contribution in [0.4, 0.5) is 4.39 Å². The van der Waals surface area contributed by atoms with E-state index in [2.05, 4.69) is 4.98 Å². The zero-order valence-corrected chi connectivity index (χ0v) is 15.4. The first-order valence-electron chi connectivity index (χ1n) is 8.25. The average molecular weight is 370 g/mol.